The van der Waals surface area contributed by atoms with Gasteiger partial charge in [-0.2, -0.15) is 0 Å². The van der Waals surface area contributed by atoms with E-state index in [-0.39, 0.29) is 0 Å². The summed E-state index contributed by atoms with van der Waals surface area (Å²) in [5, 5.41) is 0. The lowest BCUT2D eigenvalue weighted by Crippen LogP contribution is -2.36. The summed E-state index contributed by atoms with van der Waals surface area (Å²) in [6, 6.07) is 0. The third-order valence-corrected chi connectivity index (χ3v) is 3.55. The summed E-state index contributed by atoms with van der Waals surface area (Å²) in [5.74, 6) is 1.91. The normalized spacial score (nSPS) is 18.8. The van der Waals surface area contributed by atoms with Gasteiger partial charge in [-0.15, -0.1) is 0 Å². The maximum Gasteiger partial charge on any atom is 0.000946 e. The fraction of sp³-hybridized carbons (Fsp3) is 1.00. The second-order valence-electron chi connectivity index (χ2n) is 4.67. The van der Waals surface area contributed by atoms with Gasteiger partial charge in [-0.3, -0.25) is 0 Å². The summed E-state index contributed by atoms with van der Waals surface area (Å²) in [7, 11) is 0. The van der Waals surface area contributed by atoms with Crippen LogP contribution in [0, 0.1) is 11.8 Å². The molecule has 0 saturated carbocycles. The summed E-state index contributed by atoms with van der Waals surface area (Å²) in [4.78, 5) is 2.66. The number of hydrogen-bond donors (Lipinski definition) is 0. The van der Waals surface area contributed by atoms with Gasteiger partial charge in [-0.05, 0) is 37.8 Å². The Morgan fingerprint density at radius 1 is 1.07 bits per heavy atom. The highest BCUT2D eigenvalue weighted by Crippen LogP contribution is 2.18. The second kappa shape index (κ2) is 9.21. The van der Waals surface area contributed by atoms with Crippen LogP contribution < -0.4 is 0 Å². The minimum atomic E-state index is 0.938. The van der Waals surface area contributed by atoms with Gasteiger partial charge in [0.2, 0.25) is 0 Å². The molecule has 0 spiro atoms. The SMILES string of the molecule is CC.CCC(CC)CN1CCC(C)CC1. The Morgan fingerprint density at radius 3 is 1.93 bits per heavy atom. The minimum absolute atomic E-state index is 0.938. The van der Waals surface area contributed by atoms with Crippen molar-refractivity contribution in [2.24, 2.45) is 11.8 Å². The summed E-state index contributed by atoms with van der Waals surface area (Å²) in [5.41, 5.74) is 0. The molecule has 1 nitrogen and oxygen atoms in total. The van der Waals surface area contributed by atoms with Crippen LogP contribution in [0.1, 0.15) is 60.3 Å². The zero-order chi connectivity index (χ0) is 11.7. The van der Waals surface area contributed by atoms with Gasteiger partial charge in [0, 0.05) is 6.54 Å². The van der Waals surface area contributed by atoms with Crippen LogP contribution in [-0.2, 0) is 0 Å². The first-order chi connectivity index (χ1) is 7.26. The molecule has 1 aliphatic rings. The average Bonchev–Trinajstić information content (AvgIpc) is 2.31. The molecule has 0 aromatic carbocycles. The molecule has 1 fully saturated rings. The van der Waals surface area contributed by atoms with E-state index < -0.39 is 0 Å². The van der Waals surface area contributed by atoms with E-state index in [9.17, 15) is 0 Å². The van der Waals surface area contributed by atoms with Crippen LogP contribution in [-0.4, -0.2) is 24.5 Å². The van der Waals surface area contributed by atoms with Crippen molar-refractivity contribution in [3.8, 4) is 0 Å². The van der Waals surface area contributed by atoms with Crippen molar-refractivity contribution in [1.29, 1.82) is 0 Å². The van der Waals surface area contributed by atoms with Crippen molar-refractivity contribution in [2.45, 2.75) is 60.3 Å². The van der Waals surface area contributed by atoms with Crippen molar-refractivity contribution < 1.29 is 0 Å². The Morgan fingerprint density at radius 2 is 1.53 bits per heavy atom. The van der Waals surface area contributed by atoms with Crippen molar-refractivity contribution in [2.75, 3.05) is 19.6 Å². The maximum atomic E-state index is 2.66. The molecule has 92 valence electrons. The first kappa shape index (κ1) is 15.0. The molecule has 0 bridgehead atoms. The number of hydrogen-bond acceptors (Lipinski definition) is 1. The summed E-state index contributed by atoms with van der Waals surface area (Å²) < 4.78 is 0. The van der Waals surface area contributed by atoms with Gasteiger partial charge in [-0.25, -0.2) is 0 Å². The first-order valence-corrected chi connectivity index (χ1v) is 6.98. The third-order valence-electron chi connectivity index (χ3n) is 3.55. The highest BCUT2D eigenvalue weighted by Gasteiger charge is 2.17. The van der Waals surface area contributed by atoms with Gasteiger partial charge in [0.25, 0.3) is 0 Å². The zero-order valence-corrected chi connectivity index (χ0v) is 11.6. The molecule has 0 aliphatic carbocycles. The largest absolute Gasteiger partial charge is 0.303 e. The Kier molecular flexibility index (Phi) is 9.18. The van der Waals surface area contributed by atoms with Gasteiger partial charge in [0.1, 0.15) is 0 Å². The lowest BCUT2D eigenvalue weighted by molar-refractivity contribution is 0.163. The smallest absolute Gasteiger partial charge is 0.000946 e. The van der Waals surface area contributed by atoms with Crippen LogP contribution in [0.15, 0.2) is 0 Å². The van der Waals surface area contributed by atoms with Crippen LogP contribution in [0.25, 0.3) is 0 Å². The highest BCUT2D eigenvalue weighted by atomic mass is 15.1. The van der Waals surface area contributed by atoms with Gasteiger partial charge in [0.15, 0.2) is 0 Å². The molecule has 1 heteroatoms. The van der Waals surface area contributed by atoms with E-state index in [1.165, 1.54) is 45.3 Å². The Bertz CT molecular complexity index is 121. The van der Waals surface area contributed by atoms with E-state index >= 15 is 0 Å². The van der Waals surface area contributed by atoms with Gasteiger partial charge in [0.05, 0.1) is 0 Å². The van der Waals surface area contributed by atoms with E-state index in [1.807, 2.05) is 13.8 Å². The number of nitrogens with zero attached hydrogens (tertiary/aromatic N) is 1. The average molecular weight is 213 g/mol. The predicted octanol–water partition coefficient (Wildman–Crippen LogP) is 4.18. The summed E-state index contributed by atoms with van der Waals surface area (Å²) in [6.07, 6.45) is 5.53. The van der Waals surface area contributed by atoms with Gasteiger partial charge in [-0.1, -0.05) is 47.5 Å². The van der Waals surface area contributed by atoms with Crippen molar-refractivity contribution in [1.82, 2.24) is 4.90 Å². The number of likely N-dealkylation sites (tertiary alicyclic amines) is 1. The minimum Gasteiger partial charge on any atom is -0.303 e. The van der Waals surface area contributed by atoms with Crippen LogP contribution in [0.4, 0.5) is 0 Å². The van der Waals surface area contributed by atoms with Crippen LogP contribution in [0.5, 0.6) is 0 Å². The molecule has 0 amide bonds. The summed E-state index contributed by atoms with van der Waals surface area (Å²) in [6.45, 7) is 15.1. The molecular weight excluding hydrogens is 182 g/mol. The Hall–Kier alpha value is -0.0400. The molecular formula is C14H31N. The maximum absolute atomic E-state index is 2.66. The number of piperidine rings is 1. The fourth-order valence-corrected chi connectivity index (χ4v) is 2.16. The summed E-state index contributed by atoms with van der Waals surface area (Å²) >= 11 is 0. The lowest BCUT2D eigenvalue weighted by atomic mass is 9.96. The molecule has 1 rings (SSSR count). The topological polar surface area (TPSA) is 3.24 Å². The Labute approximate surface area is 97.2 Å². The van der Waals surface area contributed by atoms with E-state index in [4.69, 9.17) is 0 Å². The van der Waals surface area contributed by atoms with Crippen LogP contribution >= 0.6 is 0 Å². The quantitative estimate of drug-likeness (QED) is 0.677. The van der Waals surface area contributed by atoms with Crippen LogP contribution in [0.2, 0.25) is 0 Å². The monoisotopic (exact) mass is 213 g/mol. The third kappa shape index (κ3) is 6.19. The molecule has 1 saturated heterocycles. The highest BCUT2D eigenvalue weighted by molar-refractivity contribution is 4.71. The van der Waals surface area contributed by atoms with Crippen molar-refractivity contribution >= 4 is 0 Å². The fourth-order valence-electron chi connectivity index (χ4n) is 2.16. The molecule has 0 aromatic heterocycles. The molecule has 1 aliphatic heterocycles. The first-order valence-electron chi connectivity index (χ1n) is 6.98. The molecule has 0 unspecified atom stereocenters. The zero-order valence-electron chi connectivity index (χ0n) is 11.6. The van der Waals surface area contributed by atoms with Crippen molar-refractivity contribution in [3.63, 3.8) is 0 Å². The molecule has 15 heavy (non-hydrogen) atoms. The second-order valence-corrected chi connectivity index (χ2v) is 4.67. The molecule has 1 heterocycles. The van der Waals surface area contributed by atoms with Crippen molar-refractivity contribution in [3.05, 3.63) is 0 Å². The van der Waals surface area contributed by atoms with Gasteiger partial charge >= 0.3 is 0 Å². The van der Waals surface area contributed by atoms with E-state index in [0.717, 1.165) is 11.8 Å². The molecule has 0 aromatic rings. The number of rotatable bonds is 4. The molecule has 0 atom stereocenters. The van der Waals surface area contributed by atoms with E-state index in [0.29, 0.717) is 0 Å². The lowest BCUT2D eigenvalue weighted by Gasteiger charge is -2.32. The van der Waals surface area contributed by atoms with E-state index in [2.05, 4.69) is 25.7 Å². The molecule has 0 radical (unpaired) electrons. The van der Waals surface area contributed by atoms with E-state index in [1.54, 1.807) is 0 Å². The molecule has 0 N–H and O–H groups in total. The Balaban J connectivity index is 0.000000921. The predicted molar refractivity (Wildman–Crippen MR) is 70.3 cm³/mol. The van der Waals surface area contributed by atoms with Gasteiger partial charge < -0.3 is 4.90 Å². The van der Waals surface area contributed by atoms with Crippen LogP contribution in [0.3, 0.4) is 0 Å². The standard InChI is InChI=1S/C12H25N.C2H6/c1-4-12(5-2)10-13-8-6-11(3)7-9-13;1-2/h11-12H,4-10H2,1-3H3;1-2H3.